The molecule has 0 fully saturated rings. The third kappa shape index (κ3) is 5.52. The molecule has 22 heavy (non-hydrogen) atoms. The number of hydrogen-bond donors (Lipinski definition) is 0. The van der Waals surface area contributed by atoms with E-state index in [9.17, 15) is 8.42 Å². The van der Waals surface area contributed by atoms with Crippen LogP contribution in [0.3, 0.4) is 0 Å². The van der Waals surface area contributed by atoms with Crippen molar-refractivity contribution in [3.63, 3.8) is 0 Å². The van der Waals surface area contributed by atoms with Gasteiger partial charge >= 0.3 is 0 Å². The van der Waals surface area contributed by atoms with Gasteiger partial charge in [0.25, 0.3) is 0 Å². The van der Waals surface area contributed by atoms with Crippen molar-refractivity contribution in [2.75, 3.05) is 12.4 Å². The van der Waals surface area contributed by atoms with E-state index in [1.165, 1.54) is 0 Å². The van der Waals surface area contributed by atoms with Crippen molar-refractivity contribution in [3.05, 3.63) is 30.3 Å². The normalized spacial score (nSPS) is 14.8. The summed E-state index contributed by atoms with van der Waals surface area (Å²) in [5, 5.41) is 0.183. The molecular weight excluding hydrogens is 312 g/mol. The molecule has 0 amide bonds. The second kappa shape index (κ2) is 7.28. The summed E-state index contributed by atoms with van der Waals surface area (Å²) in [5.41, 5.74) is 0. The quantitative estimate of drug-likeness (QED) is 0.685. The van der Waals surface area contributed by atoms with Crippen LogP contribution >= 0.6 is 0 Å². The minimum Gasteiger partial charge on any atom is -0.417 e. The minimum atomic E-state index is -3.18. The molecule has 0 aromatic heterocycles. The van der Waals surface area contributed by atoms with Crippen molar-refractivity contribution in [1.29, 1.82) is 0 Å². The van der Waals surface area contributed by atoms with Gasteiger partial charge in [-0.3, -0.25) is 0 Å². The Morgan fingerprint density at radius 2 is 1.68 bits per heavy atom. The Bertz CT molecular complexity index is 559. The van der Waals surface area contributed by atoms with Gasteiger partial charge in [-0.2, -0.15) is 0 Å². The van der Waals surface area contributed by atoms with Crippen molar-refractivity contribution < 1.29 is 12.8 Å². The van der Waals surface area contributed by atoms with E-state index in [1.54, 1.807) is 24.3 Å². The van der Waals surface area contributed by atoms with E-state index < -0.39 is 18.2 Å². The van der Waals surface area contributed by atoms with Crippen LogP contribution in [0.1, 0.15) is 34.1 Å². The molecule has 1 aromatic carbocycles. The van der Waals surface area contributed by atoms with Gasteiger partial charge in [-0.25, -0.2) is 8.42 Å². The second-order valence-corrected chi connectivity index (χ2v) is 14.5. The molecule has 0 radical (unpaired) electrons. The maximum atomic E-state index is 12.3. The van der Waals surface area contributed by atoms with Gasteiger partial charge in [0.15, 0.2) is 18.2 Å². The highest BCUT2D eigenvalue weighted by atomic mass is 32.2. The van der Waals surface area contributed by atoms with E-state index in [2.05, 4.69) is 40.8 Å². The van der Waals surface area contributed by atoms with Crippen LogP contribution in [0.2, 0.25) is 18.1 Å². The molecule has 1 atom stereocenters. The van der Waals surface area contributed by atoms with Crippen LogP contribution in [0.15, 0.2) is 35.2 Å². The first-order chi connectivity index (χ1) is 9.96. The van der Waals surface area contributed by atoms with Crippen LogP contribution in [0.5, 0.6) is 0 Å². The Hall–Kier alpha value is -0.653. The van der Waals surface area contributed by atoms with Crippen LogP contribution in [0.4, 0.5) is 0 Å². The Labute approximate surface area is 137 Å². The molecule has 0 saturated heterocycles. The smallest absolute Gasteiger partial charge is 0.191 e. The van der Waals surface area contributed by atoms with Gasteiger partial charge in [-0.05, 0) is 42.6 Å². The van der Waals surface area contributed by atoms with Crippen molar-refractivity contribution >= 4 is 18.2 Å². The summed E-state index contributed by atoms with van der Waals surface area (Å²) in [6.07, 6.45) is 0.631. The van der Waals surface area contributed by atoms with Crippen LogP contribution in [0.25, 0.3) is 0 Å². The summed E-state index contributed by atoms with van der Waals surface area (Å²) in [6.45, 7) is 13.8. The van der Waals surface area contributed by atoms with E-state index in [-0.39, 0.29) is 16.7 Å². The highest BCUT2D eigenvalue weighted by Gasteiger charge is 2.37. The average Bonchev–Trinajstić information content (AvgIpc) is 2.43. The molecule has 0 saturated carbocycles. The molecule has 5 heteroatoms. The van der Waals surface area contributed by atoms with Crippen LogP contribution in [-0.4, -0.2) is 29.1 Å². The van der Waals surface area contributed by atoms with Gasteiger partial charge in [0, 0.05) is 6.61 Å². The topological polar surface area (TPSA) is 43.4 Å². The fourth-order valence-corrected chi connectivity index (χ4v) is 4.41. The van der Waals surface area contributed by atoms with Gasteiger partial charge < -0.3 is 4.43 Å². The first-order valence-corrected chi connectivity index (χ1v) is 12.4. The summed E-state index contributed by atoms with van der Waals surface area (Å²) in [5.74, 6) is 0.423. The maximum absolute atomic E-state index is 12.3. The lowest BCUT2D eigenvalue weighted by Gasteiger charge is -2.37. The van der Waals surface area contributed by atoms with Crippen molar-refractivity contribution in [1.82, 2.24) is 0 Å². The lowest BCUT2D eigenvalue weighted by Crippen LogP contribution is -2.41. The molecule has 0 N–H and O–H groups in total. The molecule has 0 spiro atoms. The van der Waals surface area contributed by atoms with E-state index in [0.717, 1.165) is 0 Å². The Kier molecular flexibility index (Phi) is 6.42. The van der Waals surface area contributed by atoms with E-state index in [1.807, 2.05) is 6.07 Å². The number of sulfone groups is 1. The summed E-state index contributed by atoms with van der Waals surface area (Å²) in [6, 6.07) is 8.67. The Morgan fingerprint density at radius 1 is 1.14 bits per heavy atom. The summed E-state index contributed by atoms with van der Waals surface area (Å²) in [7, 11) is -4.94. The molecule has 126 valence electrons. The predicted molar refractivity (Wildman–Crippen MR) is 95.4 cm³/mol. The van der Waals surface area contributed by atoms with Gasteiger partial charge in [-0.15, -0.1) is 0 Å². The van der Waals surface area contributed by atoms with E-state index in [4.69, 9.17) is 4.43 Å². The molecule has 0 unspecified atom stereocenters. The van der Waals surface area contributed by atoms with Crippen molar-refractivity contribution in [3.8, 4) is 0 Å². The van der Waals surface area contributed by atoms with Gasteiger partial charge in [0.1, 0.15) is 0 Å². The van der Waals surface area contributed by atoms with Crippen molar-refractivity contribution in [2.24, 2.45) is 5.92 Å². The largest absolute Gasteiger partial charge is 0.417 e. The summed E-state index contributed by atoms with van der Waals surface area (Å²) in [4.78, 5) is 0.410. The van der Waals surface area contributed by atoms with Crippen LogP contribution in [0, 0.1) is 5.92 Å². The zero-order valence-electron chi connectivity index (χ0n) is 14.7. The monoisotopic (exact) mass is 342 g/mol. The third-order valence-electron chi connectivity index (χ3n) is 4.52. The zero-order valence-corrected chi connectivity index (χ0v) is 16.5. The zero-order chi connectivity index (χ0) is 17.0. The molecule has 1 rings (SSSR count). The fourth-order valence-electron chi connectivity index (χ4n) is 1.75. The highest BCUT2D eigenvalue weighted by Crippen LogP contribution is 2.36. The molecule has 0 aliphatic carbocycles. The lowest BCUT2D eigenvalue weighted by molar-refractivity contribution is 0.235. The molecule has 0 aliphatic heterocycles. The molecule has 0 heterocycles. The molecule has 3 nitrogen and oxygen atoms in total. The maximum Gasteiger partial charge on any atom is 0.191 e. The molecule has 1 aromatic rings. The van der Waals surface area contributed by atoms with Crippen LogP contribution < -0.4 is 0 Å². The molecule has 0 aliphatic rings. The summed E-state index contributed by atoms with van der Waals surface area (Å²) >= 11 is 0. The number of hydrogen-bond acceptors (Lipinski definition) is 3. The first kappa shape index (κ1) is 19.4. The number of rotatable bonds is 7. The first-order valence-electron chi connectivity index (χ1n) is 7.87. The van der Waals surface area contributed by atoms with Gasteiger partial charge in [0.2, 0.25) is 0 Å². The second-order valence-electron chi connectivity index (χ2n) is 7.60. The molecular formula is C17H30O3SSi. The Morgan fingerprint density at radius 3 is 2.18 bits per heavy atom. The van der Waals surface area contributed by atoms with Crippen molar-refractivity contribution in [2.45, 2.75) is 57.1 Å². The van der Waals surface area contributed by atoms with Gasteiger partial charge in [0.05, 0.1) is 10.6 Å². The van der Waals surface area contributed by atoms with Crippen LogP contribution in [-0.2, 0) is 14.3 Å². The Balaban J connectivity index is 2.52. The SMILES string of the molecule is C[C@@H](CCS(=O)(=O)c1ccccc1)CO[Si](C)(C)C(C)(C)C. The highest BCUT2D eigenvalue weighted by molar-refractivity contribution is 7.91. The number of benzene rings is 1. The molecule has 0 bridgehead atoms. The van der Waals surface area contributed by atoms with Gasteiger partial charge in [-0.1, -0.05) is 45.9 Å². The standard InChI is InChI=1S/C17H30O3SSi/c1-15(14-20-22(5,6)17(2,3)4)12-13-21(18,19)16-10-8-7-9-11-16/h7-11,15H,12-14H2,1-6H3/t15-/m0/s1. The minimum absolute atomic E-state index is 0.180. The average molecular weight is 343 g/mol. The predicted octanol–water partition coefficient (Wildman–Crippen LogP) is 4.51. The van der Waals surface area contributed by atoms with E-state index in [0.29, 0.717) is 17.9 Å². The third-order valence-corrected chi connectivity index (χ3v) is 10.8. The summed E-state index contributed by atoms with van der Waals surface area (Å²) < 4.78 is 30.7. The van der Waals surface area contributed by atoms with E-state index >= 15 is 0 Å². The fraction of sp³-hybridized carbons (Fsp3) is 0.647. The lowest BCUT2D eigenvalue weighted by atomic mass is 10.1.